The van der Waals surface area contributed by atoms with Crippen LogP contribution in [0.1, 0.15) is 11.1 Å². The van der Waals surface area contributed by atoms with E-state index < -0.39 is 5.97 Å². The Morgan fingerprint density at radius 1 is 1.04 bits per heavy atom. The van der Waals surface area contributed by atoms with Crippen LogP contribution in [0.4, 0.5) is 0 Å². The number of carbonyl (C=O) groups is 1. The topological polar surface area (TPSA) is 66.3 Å². The molecule has 3 rings (SSSR count). The van der Waals surface area contributed by atoms with E-state index in [-0.39, 0.29) is 11.6 Å². The Bertz CT molecular complexity index is 920. The molecule has 7 heteroatoms. The van der Waals surface area contributed by atoms with Crippen LogP contribution in [0.15, 0.2) is 47.1 Å². The van der Waals surface area contributed by atoms with Gasteiger partial charge in [0, 0.05) is 10.6 Å². The van der Waals surface area contributed by atoms with Crippen molar-refractivity contribution in [3.8, 4) is 17.2 Å². The van der Waals surface area contributed by atoms with Gasteiger partial charge in [-0.3, -0.25) is 0 Å². The van der Waals surface area contributed by atoms with Crippen molar-refractivity contribution in [3.05, 3.63) is 58.2 Å². The van der Waals surface area contributed by atoms with E-state index >= 15 is 0 Å². The zero-order valence-electron chi connectivity index (χ0n) is 14.4. The number of nitrogens with zero attached hydrogens (tertiary/aromatic N) is 1. The van der Waals surface area contributed by atoms with Crippen molar-refractivity contribution >= 4 is 29.5 Å². The lowest BCUT2D eigenvalue weighted by Crippen LogP contribution is -2.07. The molecule has 1 heterocycles. The number of methoxy groups -OCH3 is 3. The van der Waals surface area contributed by atoms with Crippen molar-refractivity contribution in [2.45, 2.75) is 0 Å². The predicted molar refractivity (Wildman–Crippen MR) is 98.2 cm³/mol. The van der Waals surface area contributed by atoms with Crippen molar-refractivity contribution in [2.24, 2.45) is 4.99 Å². The normalized spacial score (nSPS) is 14.8. The van der Waals surface area contributed by atoms with E-state index in [2.05, 4.69) is 4.99 Å². The number of aliphatic imine (C=N–C) groups is 1. The van der Waals surface area contributed by atoms with E-state index in [4.69, 9.17) is 30.5 Å². The van der Waals surface area contributed by atoms with E-state index in [0.29, 0.717) is 33.4 Å². The molecule has 0 atom stereocenters. The molecule has 0 unspecified atom stereocenters. The van der Waals surface area contributed by atoms with Crippen molar-refractivity contribution in [1.29, 1.82) is 0 Å². The van der Waals surface area contributed by atoms with Gasteiger partial charge in [-0.2, -0.15) is 0 Å². The maximum absolute atomic E-state index is 12.3. The minimum Gasteiger partial charge on any atom is -0.496 e. The lowest BCUT2D eigenvalue weighted by Gasteiger charge is -2.09. The molecule has 6 nitrogen and oxygen atoms in total. The predicted octanol–water partition coefficient (Wildman–Crippen LogP) is 3.71. The molecule has 0 bridgehead atoms. The molecular weight excluding hydrogens is 358 g/mol. The van der Waals surface area contributed by atoms with E-state index in [1.807, 2.05) is 0 Å². The minimum absolute atomic E-state index is 0.127. The van der Waals surface area contributed by atoms with Gasteiger partial charge in [-0.25, -0.2) is 9.79 Å². The first-order chi connectivity index (χ1) is 12.6. The average molecular weight is 374 g/mol. The zero-order chi connectivity index (χ0) is 18.7. The maximum Gasteiger partial charge on any atom is 0.363 e. The van der Waals surface area contributed by atoms with Crippen LogP contribution in [0, 0.1) is 0 Å². The number of cyclic esters (lactones) is 1. The number of esters is 1. The quantitative estimate of drug-likeness (QED) is 0.590. The summed E-state index contributed by atoms with van der Waals surface area (Å²) in [5.74, 6) is 1.10. The molecule has 0 spiro atoms. The van der Waals surface area contributed by atoms with Gasteiger partial charge in [-0.15, -0.1) is 0 Å². The number of hydrogen-bond donors (Lipinski definition) is 0. The third kappa shape index (κ3) is 3.36. The number of halogens is 1. The van der Waals surface area contributed by atoms with E-state index in [0.717, 1.165) is 0 Å². The summed E-state index contributed by atoms with van der Waals surface area (Å²) in [4.78, 5) is 16.5. The molecule has 1 aliphatic heterocycles. The fourth-order valence-corrected chi connectivity index (χ4v) is 2.72. The van der Waals surface area contributed by atoms with Crippen LogP contribution in [0.3, 0.4) is 0 Å². The largest absolute Gasteiger partial charge is 0.496 e. The number of hydrogen-bond acceptors (Lipinski definition) is 6. The summed E-state index contributed by atoms with van der Waals surface area (Å²) in [6, 6.07) is 10.3. The molecule has 0 saturated carbocycles. The van der Waals surface area contributed by atoms with Crippen LogP contribution >= 0.6 is 11.6 Å². The molecule has 0 fully saturated rings. The first kappa shape index (κ1) is 17.8. The molecule has 0 aromatic heterocycles. The van der Waals surface area contributed by atoms with E-state index in [1.54, 1.807) is 49.6 Å². The summed E-state index contributed by atoms with van der Waals surface area (Å²) in [5, 5.41) is 0.478. The SMILES string of the molecule is COc1ccc(Cl)cc1C1=N/C(=C/c2cccc(OC)c2OC)C(=O)O1. The monoisotopic (exact) mass is 373 g/mol. The molecule has 2 aromatic rings. The first-order valence-corrected chi connectivity index (χ1v) is 8.02. The van der Waals surface area contributed by atoms with Crippen molar-refractivity contribution in [2.75, 3.05) is 21.3 Å². The van der Waals surface area contributed by atoms with Gasteiger partial charge in [0.1, 0.15) is 5.75 Å². The Labute approximate surface area is 155 Å². The second-order valence-electron chi connectivity index (χ2n) is 5.26. The average Bonchev–Trinajstić information content (AvgIpc) is 3.01. The summed E-state index contributed by atoms with van der Waals surface area (Å²) < 4.78 is 21.2. The van der Waals surface area contributed by atoms with Crippen LogP contribution in [-0.4, -0.2) is 33.2 Å². The molecule has 26 heavy (non-hydrogen) atoms. The Kier molecular flexibility index (Phi) is 5.14. The fourth-order valence-electron chi connectivity index (χ4n) is 2.54. The molecule has 2 aromatic carbocycles. The van der Waals surface area contributed by atoms with E-state index in [1.165, 1.54) is 14.2 Å². The van der Waals surface area contributed by atoms with Gasteiger partial charge in [0.2, 0.25) is 5.90 Å². The second-order valence-corrected chi connectivity index (χ2v) is 5.70. The van der Waals surface area contributed by atoms with Crippen LogP contribution in [0.5, 0.6) is 17.2 Å². The van der Waals surface area contributed by atoms with Crippen molar-refractivity contribution in [1.82, 2.24) is 0 Å². The van der Waals surface area contributed by atoms with Crippen molar-refractivity contribution in [3.63, 3.8) is 0 Å². The van der Waals surface area contributed by atoms with E-state index in [9.17, 15) is 4.79 Å². The van der Waals surface area contributed by atoms with Gasteiger partial charge >= 0.3 is 5.97 Å². The molecule has 0 N–H and O–H groups in total. The summed E-state index contributed by atoms with van der Waals surface area (Å²) in [5.41, 5.74) is 1.27. The number of benzene rings is 2. The Morgan fingerprint density at radius 2 is 1.81 bits per heavy atom. The highest BCUT2D eigenvalue weighted by molar-refractivity contribution is 6.31. The van der Waals surface area contributed by atoms with Gasteiger partial charge in [0.05, 0.1) is 26.9 Å². The van der Waals surface area contributed by atoms with Crippen LogP contribution in [0.2, 0.25) is 5.02 Å². The fraction of sp³-hybridized carbons (Fsp3) is 0.158. The Hall–Kier alpha value is -2.99. The van der Waals surface area contributed by atoms with Gasteiger partial charge in [0.15, 0.2) is 17.2 Å². The molecule has 134 valence electrons. The third-order valence-corrected chi connectivity index (χ3v) is 3.97. The molecule has 0 aliphatic carbocycles. The van der Waals surface area contributed by atoms with Gasteiger partial charge in [-0.1, -0.05) is 23.7 Å². The van der Waals surface area contributed by atoms with Crippen LogP contribution < -0.4 is 14.2 Å². The van der Waals surface area contributed by atoms with Crippen LogP contribution in [-0.2, 0) is 9.53 Å². The molecule has 0 amide bonds. The van der Waals surface area contributed by atoms with Gasteiger partial charge in [-0.05, 0) is 30.3 Å². The number of ether oxygens (including phenoxy) is 4. The highest BCUT2D eigenvalue weighted by atomic mass is 35.5. The third-order valence-electron chi connectivity index (χ3n) is 3.74. The number of para-hydroxylation sites is 1. The molecule has 0 radical (unpaired) electrons. The summed E-state index contributed by atoms with van der Waals surface area (Å²) in [6.07, 6.45) is 1.58. The summed E-state index contributed by atoms with van der Waals surface area (Å²) in [7, 11) is 4.58. The maximum atomic E-state index is 12.3. The molecule has 0 saturated heterocycles. The minimum atomic E-state index is -0.577. The highest BCUT2D eigenvalue weighted by Gasteiger charge is 2.27. The summed E-state index contributed by atoms with van der Waals surface area (Å²) >= 11 is 6.03. The first-order valence-electron chi connectivity index (χ1n) is 7.65. The molecular formula is C19H16ClNO5. The lowest BCUT2D eigenvalue weighted by molar-refractivity contribution is -0.129. The lowest BCUT2D eigenvalue weighted by atomic mass is 10.1. The number of rotatable bonds is 5. The smallest absolute Gasteiger partial charge is 0.363 e. The van der Waals surface area contributed by atoms with Crippen molar-refractivity contribution < 1.29 is 23.7 Å². The summed E-state index contributed by atoms with van der Waals surface area (Å²) in [6.45, 7) is 0. The van der Waals surface area contributed by atoms with Crippen LogP contribution in [0.25, 0.3) is 6.08 Å². The van der Waals surface area contributed by atoms with Gasteiger partial charge in [0.25, 0.3) is 0 Å². The standard InChI is InChI=1S/C19H16ClNO5/c1-23-15-8-7-12(20)10-13(15)18-21-14(19(22)26-18)9-11-5-4-6-16(24-2)17(11)25-3/h4-10H,1-3H3/b14-9+. The Morgan fingerprint density at radius 3 is 2.50 bits per heavy atom. The second kappa shape index (κ2) is 7.49. The highest BCUT2D eigenvalue weighted by Crippen LogP contribution is 2.33. The van der Waals surface area contributed by atoms with Gasteiger partial charge < -0.3 is 18.9 Å². The Balaban J connectivity index is 2.04. The molecule has 1 aliphatic rings. The number of carbonyl (C=O) groups excluding carboxylic acids is 1. The zero-order valence-corrected chi connectivity index (χ0v) is 15.2.